The Balaban J connectivity index is 2.29. The highest BCUT2D eigenvalue weighted by Gasteiger charge is 2.13. The summed E-state index contributed by atoms with van der Waals surface area (Å²) >= 11 is 0. The molecule has 0 saturated carbocycles. The maximum absolute atomic E-state index is 11.7. The molecule has 18 heavy (non-hydrogen) atoms. The van der Waals surface area contributed by atoms with Crippen molar-refractivity contribution in [3.8, 4) is 11.3 Å². The van der Waals surface area contributed by atoms with Gasteiger partial charge in [-0.1, -0.05) is 12.1 Å². The SMILES string of the molecule is CN(C)S(=O)(=O)Nc1cccc(-c2ccn[nH]2)c1. The fraction of sp³-hybridized carbons (Fsp3) is 0.182. The molecule has 0 amide bonds. The minimum atomic E-state index is -3.48. The number of nitrogens with one attached hydrogen (secondary N) is 2. The molecule has 0 aliphatic rings. The molecule has 0 fully saturated rings. The molecule has 0 saturated heterocycles. The van der Waals surface area contributed by atoms with E-state index in [-0.39, 0.29) is 0 Å². The van der Waals surface area contributed by atoms with Gasteiger partial charge in [0.15, 0.2) is 0 Å². The van der Waals surface area contributed by atoms with Gasteiger partial charge in [-0.3, -0.25) is 9.82 Å². The van der Waals surface area contributed by atoms with Crippen LogP contribution in [0.4, 0.5) is 5.69 Å². The zero-order valence-corrected chi connectivity index (χ0v) is 10.9. The molecule has 0 unspecified atom stereocenters. The van der Waals surface area contributed by atoms with Crippen molar-refractivity contribution in [2.24, 2.45) is 0 Å². The molecule has 2 N–H and O–H groups in total. The molecule has 0 aliphatic carbocycles. The Morgan fingerprint density at radius 2 is 2.06 bits per heavy atom. The zero-order valence-electron chi connectivity index (χ0n) is 10.1. The summed E-state index contributed by atoms with van der Waals surface area (Å²) in [4.78, 5) is 0. The van der Waals surface area contributed by atoms with Crippen molar-refractivity contribution in [2.75, 3.05) is 18.8 Å². The number of benzene rings is 1. The van der Waals surface area contributed by atoms with Crippen molar-refractivity contribution in [2.45, 2.75) is 0 Å². The lowest BCUT2D eigenvalue weighted by Crippen LogP contribution is -2.28. The van der Waals surface area contributed by atoms with E-state index in [2.05, 4.69) is 14.9 Å². The lowest BCUT2D eigenvalue weighted by atomic mass is 10.1. The first kappa shape index (κ1) is 12.6. The van der Waals surface area contributed by atoms with E-state index in [0.29, 0.717) is 5.69 Å². The standard InChI is InChI=1S/C11H14N4O2S/c1-15(2)18(16,17)14-10-5-3-4-9(8-10)11-6-7-12-13-11/h3-8,14H,1-2H3,(H,12,13). The van der Waals surface area contributed by atoms with Gasteiger partial charge in [0.2, 0.25) is 0 Å². The Bertz CT molecular complexity index is 620. The minimum absolute atomic E-state index is 0.510. The number of aromatic amines is 1. The first-order valence-corrected chi connectivity index (χ1v) is 6.73. The van der Waals surface area contributed by atoms with Crippen molar-refractivity contribution in [3.05, 3.63) is 36.5 Å². The first-order chi connectivity index (χ1) is 8.49. The summed E-state index contributed by atoms with van der Waals surface area (Å²) < 4.78 is 27.0. The van der Waals surface area contributed by atoms with E-state index in [1.54, 1.807) is 24.4 Å². The molecule has 0 bridgehead atoms. The third kappa shape index (κ3) is 2.69. The van der Waals surface area contributed by atoms with Gasteiger partial charge in [0, 0.05) is 25.9 Å². The van der Waals surface area contributed by atoms with Crippen LogP contribution in [0.1, 0.15) is 0 Å². The number of aromatic nitrogens is 2. The largest absolute Gasteiger partial charge is 0.301 e. The highest BCUT2D eigenvalue weighted by Crippen LogP contribution is 2.21. The number of anilines is 1. The number of nitrogens with zero attached hydrogens (tertiary/aromatic N) is 2. The number of rotatable bonds is 4. The van der Waals surface area contributed by atoms with E-state index in [0.717, 1.165) is 15.6 Å². The lowest BCUT2D eigenvalue weighted by molar-refractivity contribution is 0.527. The Morgan fingerprint density at radius 3 is 2.67 bits per heavy atom. The topological polar surface area (TPSA) is 78.1 Å². The quantitative estimate of drug-likeness (QED) is 0.875. The van der Waals surface area contributed by atoms with Gasteiger partial charge in [0.05, 0.1) is 11.4 Å². The van der Waals surface area contributed by atoms with Crippen molar-refractivity contribution in [1.82, 2.24) is 14.5 Å². The summed E-state index contributed by atoms with van der Waals surface area (Å²) in [5.74, 6) is 0. The summed E-state index contributed by atoms with van der Waals surface area (Å²) in [5.41, 5.74) is 2.21. The van der Waals surface area contributed by atoms with Crippen LogP contribution in [0.2, 0.25) is 0 Å². The molecule has 2 rings (SSSR count). The molecule has 1 aromatic heterocycles. The Hall–Kier alpha value is -1.86. The Labute approximate surface area is 106 Å². The highest BCUT2D eigenvalue weighted by molar-refractivity contribution is 7.90. The number of H-pyrrole nitrogens is 1. The average Bonchev–Trinajstić information content (AvgIpc) is 2.82. The van der Waals surface area contributed by atoms with Crippen molar-refractivity contribution in [3.63, 3.8) is 0 Å². The molecular formula is C11H14N4O2S. The summed E-state index contributed by atoms with van der Waals surface area (Å²) in [6.45, 7) is 0. The predicted molar refractivity (Wildman–Crippen MR) is 70.3 cm³/mol. The predicted octanol–water partition coefficient (Wildman–Crippen LogP) is 1.29. The molecule has 1 aromatic carbocycles. The number of hydrogen-bond donors (Lipinski definition) is 2. The third-order valence-electron chi connectivity index (χ3n) is 2.40. The van der Waals surface area contributed by atoms with Crippen LogP contribution in [0.5, 0.6) is 0 Å². The van der Waals surface area contributed by atoms with Gasteiger partial charge in [-0.15, -0.1) is 0 Å². The molecule has 0 spiro atoms. The van der Waals surface area contributed by atoms with Crippen LogP contribution < -0.4 is 4.72 Å². The minimum Gasteiger partial charge on any atom is -0.278 e. The van der Waals surface area contributed by atoms with E-state index in [4.69, 9.17) is 0 Å². The number of hydrogen-bond acceptors (Lipinski definition) is 3. The molecule has 6 nitrogen and oxygen atoms in total. The first-order valence-electron chi connectivity index (χ1n) is 5.29. The van der Waals surface area contributed by atoms with Gasteiger partial charge in [0.1, 0.15) is 0 Å². The molecular weight excluding hydrogens is 252 g/mol. The van der Waals surface area contributed by atoms with Crippen molar-refractivity contribution in [1.29, 1.82) is 0 Å². The van der Waals surface area contributed by atoms with E-state index >= 15 is 0 Å². The maximum atomic E-state index is 11.7. The zero-order chi connectivity index (χ0) is 13.2. The van der Waals surface area contributed by atoms with Gasteiger partial charge in [-0.2, -0.15) is 17.8 Å². The smallest absolute Gasteiger partial charge is 0.278 e. The third-order valence-corrected chi connectivity index (χ3v) is 3.86. The fourth-order valence-corrected chi connectivity index (χ4v) is 2.01. The second-order valence-corrected chi connectivity index (χ2v) is 5.83. The van der Waals surface area contributed by atoms with Crippen LogP contribution in [-0.2, 0) is 10.2 Å². The summed E-state index contributed by atoms with van der Waals surface area (Å²) in [7, 11) is -0.533. The van der Waals surface area contributed by atoms with Gasteiger partial charge in [0.25, 0.3) is 0 Å². The van der Waals surface area contributed by atoms with E-state index in [1.165, 1.54) is 14.1 Å². The molecule has 0 aliphatic heterocycles. The van der Waals surface area contributed by atoms with E-state index in [9.17, 15) is 8.42 Å². The average molecular weight is 266 g/mol. The van der Waals surface area contributed by atoms with E-state index < -0.39 is 10.2 Å². The van der Waals surface area contributed by atoms with Crippen LogP contribution in [0, 0.1) is 0 Å². The Kier molecular flexibility index (Phi) is 3.35. The maximum Gasteiger partial charge on any atom is 0.301 e. The molecule has 7 heteroatoms. The van der Waals surface area contributed by atoms with Crippen molar-refractivity contribution < 1.29 is 8.42 Å². The second-order valence-electron chi connectivity index (χ2n) is 3.94. The monoisotopic (exact) mass is 266 g/mol. The lowest BCUT2D eigenvalue weighted by Gasteiger charge is -2.13. The Morgan fingerprint density at radius 1 is 1.28 bits per heavy atom. The second kappa shape index (κ2) is 4.79. The van der Waals surface area contributed by atoms with Crippen molar-refractivity contribution >= 4 is 15.9 Å². The molecule has 2 aromatic rings. The summed E-state index contributed by atoms with van der Waals surface area (Å²) in [6.07, 6.45) is 1.64. The molecule has 1 heterocycles. The van der Waals surface area contributed by atoms with Crippen LogP contribution in [-0.4, -0.2) is 37.0 Å². The van der Waals surface area contributed by atoms with Gasteiger partial charge >= 0.3 is 10.2 Å². The van der Waals surface area contributed by atoms with Crippen LogP contribution >= 0.6 is 0 Å². The fourth-order valence-electron chi connectivity index (χ4n) is 1.41. The molecule has 96 valence electrons. The normalized spacial score (nSPS) is 11.7. The van der Waals surface area contributed by atoms with Gasteiger partial charge in [-0.25, -0.2) is 0 Å². The summed E-state index contributed by atoms with van der Waals surface area (Å²) in [6, 6.07) is 8.92. The van der Waals surface area contributed by atoms with Crippen LogP contribution in [0.25, 0.3) is 11.3 Å². The molecule has 0 atom stereocenters. The van der Waals surface area contributed by atoms with Crippen LogP contribution in [0.3, 0.4) is 0 Å². The van der Waals surface area contributed by atoms with E-state index in [1.807, 2.05) is 12.1 Å². The summed E-state index contributed by atoms with van der Waals surface area (Å²) in [5, 5.41) is 6.69. The van der Waals surface area contributed by atoms with Gasteiger partial charge < -0.3 is 0 Å². The van der Waals surface area contributed by atoms with Gasteiger partial charge in [-0.05, 0) is 18.2 Å². The van der Waals surface area contributed by atoms with Crippen LogP contribution in [0.15, 0.2) is 36.5 Å². The highest BCUT2D eigenvalue weighted by atomic mass is 32.2. The molecule has 0 radical (unpaired) electrons.